The summed E-state index contributed by atoms with van der Waals surface area (Å²) in [6.07, 6.45) is 1.08. The Kier molecular flexibility index (Phi) is 1.91. The molecule has 0 atom stereocenters. The number of fused-ring (bicyclic) bond motifs is 1. The van der Waals surface area contributed by atoms with Gasteiger partial charge in [-0.15, -0.1) is 0 Å². The number of benzene rings is 1. The van der Waals surface area contributed by atoms with Crippen LogP contribution in [0.2, 0.25) is 0 Å². The highest BCUT2D eigenvalue weighted by atomic mass is 16.5. The summed E-state index contributed by atoms with van der Waals surface area (Å²) >= 11 is 0. The molecule has 2 nitrogen and oxygen atoms in total. The molecule has 2 heteroatoms. The molecular weight excluding hydrogens is 198 g/mol. The van der Waals surface area contributed by atoms with Gasteiger partial charge in [-0.2, -0.15) is 0 Å². The fourth-order valence-electron chi connectivity index (χ4n) is 2.67. The average Bonchev–Trinajstić information content (AvgIpc) is 2.52. The normalized spacial score (nSPS) is 22.7. The molecule has 0 aromatic heterocycles. The third-order valence-corrected chi connectivity index (χ3v) is 3.72. The van der Waals surface area contributed by atoms with Crippen molar-refractivity contribution >= 4 is 0 Å². The van der Waals surface area contributed by atoms with Gasteiger partial charge in [0, 0.05) is 25.0 Å². The first-order chi connectivity index (χ1) is 7.49. The van der Waals surface area contributed by atoms with Crippen molar-refractivity contribution in [3.63, 3.8) is 0 Å². The van der Waals surface area contributed by atoms with E-state index in [-0.39, 0.29) is 11.1 Å². The summed E-state index contributed by atoms with van der Waals surface area (Å²) in [6, 6.07) is 8.42. The van der Waals surface area contributed by atoms with Crippen molar-refractivity contribution in [3.8, 4) is 5.75 Å². The van der Waals surface area contributed by atoms with Gasteiger partial charge >= 0.3 is 0 Å². The lowest BCUT2D eigenvalue weighted by Crippen LogP contribution is -2.69. The molecule has 16 heavy (non-hydrogen) atoms. The Bertz CT molecular complexity index is 386. The van der Waals surface area contributed by atoms with E-state index in [0.29, 0.717) is 0 Å². The highest BCUT2D eigenvalue weighted by Gasteiger charge is 2.51. The maximum atomic E-state index is 6.11. The van der Waals surface area contributed by atoms with E-state index in [2.05, 4.69) is 49.9 Å². The number of likely N-dealkylation sites (tertiary alicyclic amines) is 1. The molecule has 1 aromatic rings. The monoisotopic (exact) mass is 217 g/mol. The van der Waals surface area contributed by atoms with Gasteiger partial charge in [0.15, 0.2) is 0 Å². The van der Waals surface area contributed by atoms with Crippen LogP contribution in [0.1, 0.15) is 26.3 Å². The third-order valence-electron chi connectivity index (χ3n) is 3.72. The second-order valence-corrected chi connectivity index (χ2v) is 6.10. The molecule has 86 valence electrons. The molecule has 2 heterocycles. The van der Waals surface area contributed by atoms with Gasteiger partial charge in [-0.3, -0.25) is 4.90 Å². The second-order valence-electron chi connectivity index (χ2n) is 6.10. The van der Waals surface area contributed by atoms with Crippen molar-refractivity contribution in [3.05, 3.63) is 29.8 Å². The van der Waals surface area contributed by atoms with Gasteiger partial charge in [0.25, 0.3) is 0 Å². The zero-order valence-corrected chi connectivity index (χ0v) is 10.3. The average molecular weight is 217 g/mol. The van der Waals surface area contributed by atoms with Crippen LogP contribution in [0.25, 0.3) is 0 Å². The number of hydrogen-bond acceptors (Lipinski definition) is 2. The standard InChI is InChI=1S/C14H19NO/c1-13(2,3)15-9-14(10-15)8-11-6-4-5-7-12(11)16-14/h4-7H,8-10H2,1-3H3. The fourth-order valence-corrected chi connectivity index (χ4v) is 2.67. The molecule has 1 saturated heterocycles. The number of para-hydroxylation sites is 1. The smallest absolute Gasteiger partial charge is 0.138 e. The summed E-state index contributed by atoms with van der Waals surface area (Å²) in [5.41, 5.74) is 1.72. The number of ether oxygens (including phenoxy) is 1. The summed E-state index contributed by atoms with van der Waals surface area (Å²) in [7, 11) is 0. The molecule has 0 aliphatic carbocycles. The quantitative estimate of drug-likeness (QED) is 0.662. The molecule has 0 N–H and O–H groups in total. The Morgan fingerprint density at radius 3 is 2.50 bits per heavy atom. The Hall–Kier alpha value is -1.02. The van der Waals surface area contributed by atoms with Crippen molar-refractivity contribution in [2.24, 2.45) is 0 Å². The minimum absolute atomic E-state index is 0.0803. The van der Waals surface area contributed by atoms with Gasteiger partial charge in [-0.1, -0.05) is 18.2 Å². The van der Waals surface area contributed by atoms with E-state index in [0.717, 1.165) is 25.3 Å². The van der Waals surface area contributed by atoms with E-state index >= 15 is 0 Å². The molecule has 0 radical (unpaired) electrons. The van der Waals surface area contributed by atoms with Gasteiger partial charge in [-0.25, -0.2) is 0 Å². The van der Waals surface area contributed by atoms with Gasteiger partial charge in [-0.05, 0) is 32.4 Å². The zero-order valence-electron chi connectivity index (χ0n) is 10.3. The van der Waals surface area contributed by atoms with Crippen LogP contribution in [0.5, 0.6) is 5.75 Å². The summed E-state index contributed by atoms with van der Waals surface area (Å²) in [5, 5.41) is 0. The maximum Gasteiger partial charge on any atom is 0.138 e. The number of hydrogen-bond donors (Lipinski definition) is 0. The Balaban J connectivity index is 1.75. The summed E-state index contributed by atoms with van der Waals surface area (Å²) in [4.78, 5) is 2.48. The van der Waals surface area contributed by atoms with Gasteiger partial charge in [0.1, 0.15) is 11.4 Å². The lowest BCUT2D eigenvalue weighted by Gasteiger charge is -2.53. The SMILES string of the molecule is CC(C)(C)N1CC2(Cc3ccccc3O2)C1. The number of rotatable bonds is 0. The van der Waals surface area contributed by atoms with Crippen molar-refractivity contribution in [2.45, 2.75) is 38.3 Å². The topological polar surface area (TPSA) is 12.5 Å². The van der Waals surface area contributed by atoms with E-state index in [9.17, 15) is 0 Å². The fraction of sp³-hybridized carbons (Fsp3) is 0.571. The molecule has 2 aliphatic heterocycles. The Labute approximate surface area is 97.2 Å². The summed E-state index contributed by atoms with van der Waals surface area (Å²) in [5.74, 6) is 1.09. The first-order valence-electron chi connectivity index (χ1n) is 6.01. The Morgan fingerprint density at radius 2 is 1.88 bits per heavy atom. The summed E-state index contributed by atoms with van der Waals surface area (Å²) < 4.78 is 6.11. The van der Waals surface area contributed by atoms with Crippen molar-refractivity contribution in [1.29, 1.82) is 0 Å². The lowest BCUT2D eigenvalue weighted by molar-refractivity contribution is -0.102. The molecule has 2 aliphatic rings. The van der Waals surface area contributed by atoms with E-state index in [4.69, 9.17) is 4.74 Å². The van der Waals surface area contributed by atoms with Gasteiger partial charge < -0.3 is 4.74 Å². The van der Waals surface area contributed by atoms with Crippen molar-refractivity contribution in [1.82, 2.24) is 4.90 Å². The molecule has 0 bridgehead atoms. The van der Waals surface area contributed by atoms with Crippen LogP contribution in [-0.2, 0) is 6.42 Å². The predicted octanol–water partition coefficient (Wildman–Crippen LogP) is 2.47. The Morgan fingerprint density at radius 1 is 1.19 bits per heavy atom. The molecular formula is C14H19NO. The highest BCUT2D eigenvalue weighted by molar-refractivity contribution is 5.40. The minimum atomic E-state index is 0.0803. The predicted molar refractivity (Wildman–Crippen MR) is 64.8 cm³/mol. The van der Waals surface area contributed by atoms with Crippen LogP contribution in [0.4, 0.5) is 0 Å². The van der Waals surface area contributed by atoms with Crippen LogP contribution in [0.15, 0.2) is 24.3 Å². The first kappa shape index (κ1) is 10.2. The molecule has 3 rings (SSSR count). The lowest BCUT2D eigenvalue weighted by atomic mass is 9.85. The molecule has 0 amide bonds. The van der Waals surface area contributed by atoms with Crippen LogP contribution >= 0.6 is 0 Å². The summed E-state index contributed by atoms with van der Waals surface area (Å²) in [6.45, 7) is 8.92. The minimum Gasteiger partial charge on any atom is -0.484 e. The number of nitrogens with zero attached hydrogens (tertiary/aromatic N) is 1. The van der Waals surface area contributed by atoms with Crippen molar-refractivity contribution in [2.75, 3.05) is 13.1 Å². The van der Waals surface area contributed by atoms with Crippen LogP contribution < -0.4 is 4.74 Å². The third kappa shape index (κ3) is 1.44. The van der Waals surface area contributed by atoms with Crippen molar-refractivity contribution < 1.29 is 4.74 Å². The van der Waals surface area contributed by atoms with E-state index in [1.54, 1.807) is 0 Å². The van der Waals surface area contributed by atoms with Gasteiger partial charge in [0.05, 0.1) is 0 Å². The molecule has 1 fully saturated rings. The molecule has 1 aromatic carbocycles. The van der Waals surface area contributed by atoms with Gasteiger partial charge in [0.2, 0.25) is 0 Å². The molecule has 0 unspecified atom stereocenters. The van der Waals surface area contributed by atoms with Crippen LogP contribution in [0, 0.1) is 0 Å². The molecule has 0 saturated carbocycles. The van der Waals surface area contributed by atoms with Crippen LogP contribution in [0.3, 0.4) is 0 Å². The van der Waals surface area contributed by atoms with E-state index in [1.165, 1.54) is 5.56 Å². The van der Waals surface area contributed by atoms with E-state index in [1.807, 2.05) is 0 Å². The largest absolute Gasteiger partial charge is 0.484 e. The first-order valence-corrected chi connectivity index (χ1v) is 6.01. The molecule has 1 spiro atoms. The second kappa shape index (κ2) is 3.01. The maximum absolute atomic E-state index is 6.11. The highest BCUT2D eigenvalue weighted by Crippen LogP contribution is 2.42. The zero-order chi connectivity index (χ0) is 11.4. The van der Waals surface area contributed by atoms with Crippen LogP contribution in [-0.4, -0.2) is 29.1 Å². The van der Waals surface area contributed by atoms with E-state index < -0.39 is 0 Å².